The second-order valence-corrected chi connectivity index (χ2v) is 6.56. The summed E-state index contributed by atoms with van der Waals surface area (Å²) in [6, 6.07) is 0. The minimum absolute atomic E-state index is 0.236. The van der Waals surface area contributed by atoms with Crippen molar-refractivity contribution in [3.8, 4) is 0 Å². The summed E-state index contributed by atoms with van der Waals surface area (Å²) in [4.78, 5) is 14.3. The van der Waals surface area contributed by atoms with E-state index in [-0.39, 0.29) is 5.41 Å². The van der Waals surface area contributed by atoms with Gasteiger partial charge in [-0.3, -0.25) is 4.79 Å². The Morgan fingerprint density at radius 3 is 2.00 bits per heavy atom. The van der Waals surface area contributed by atoms with Crippen molar-refractivity contribution in [3.63, 3.8) is 0 Å². The Hall–Kier alpha value is -0.570. The first kappa shape index (κ1) is 18.4. The van der Waals surface area contributed by atoms with Crippen molar-refractivity contribution in [2.45, 2.75) is 66.7 Å². The molecule has 0 aromatic carbocycles. The fourth-order valence-corrected chi connectivity index (χ4v) is 2.57. The van der Waals surface area contributed by atoms with Gasteiger partial charge in [-0.15, -0.1) is 0 Å². The van der Waals surface area contributed by atoms with Gasteiger partial charge in [0.25, 0.3) is 0 Å². The average molecular weight is 270 g/mol. The van der Waals surface area contributed by atoms with Gasteiger partial charge in [-0.2, -0.15) is 0 Å². The van der Waals surface area contributed by atoms with Crippen LogP contribution in [0, 0.1) is 11.3 Å². The lowest BCUT2D eigenvalue weighted by atomic mass is 9.76. The van der Waals surface area contributed by atoms with Crippen LogP contribution in [0.5, 0.6) is 0 Å². The van der Waals surface area contributed by atoms with E-state index in [4.69, 9.17) is 5.73 Å². The monoisotopic (exact) mass is 270 g/mol. The van der Waals surface area contributed by atoms with E-state index >= 15 is 0 Å². The van der Waals surface area contributed by atoms with Crippen LogP contribution in [0.15, 0.2) is 0 Å². The van der Waals surface area contributed by atoms with Crippen LogP contribution in [0.1, 0.15) is 66.7 Å². The molecule has 3 heteroatoms. The third-order valence-corrected chi connectivity index (χ3v) is 3.79. The second-order valence-electron chi connectivity index (χ2n) is 6.56. The van der Waals surface area contributed by atoms with Crippen molar-refractivity contribution in [1.29, 1.82) is 0 Å². The van der Waals surface area contributed by atoms with E-state index < -0.39 is 0 Å². The van der Waals surface area contributed by atoms with Gasteiger partial charge >= 0.3 is 0 Å². The van der Waals surface area contributed by atoms with Gasteiger partial charge in [-0.1, -0.05) is 34.6 Å². The summed E-state index contributed by atoms with van der Waals surface area (Å²) in [5, 5.41) is 0. The highest BCUT2D eigenvalue weighted by Gasteiger charge is 2.25. The molecule has 0 aliphatic carbocycles. The maximum absolute atomic E-state index is 12.3. The van der Waals surface area contributed by atoms with Gasteiger partial charge in [0, 0.05) is 19.5 Å². The molecule has 0 heterocycles. The van der Waals surface area contributed by atoms with Gasteiger partial charge in [-0.25, -0.2) is 0 Å². The van der Waals surface area contributed by atoms with Crippen LogP contribution in [0.3, 0.4) is 0 Å². The highest BCUT2D eigenvalue weighted by Crippen LogP contribution is 2.32. The van der Waals surface area contributed by atoms with Crippen LogP contribution in [0.2, 0.25) is 0 Å². The highest BCUT2D eigenvalue weighted by atomic mass is 16.2. The first-order valence-corrected chi connectivity index (χ1v) is 7.84. The molecule has 1 amide bonds. The lowest BCUT2D eigenvalue weighted by molar-refractivity contribution is -0.131. The fraction of sp³-hybridized carbons (Fsp3) is 0.938. The maximum Gasteiger partial charge on any atom is 0.222 e. The molecule has 1 unspecified atom stereocenters. The van der Waals surface area contributed by atoms with Crippen molar-refractivity contribution >= 4 is 5.91 Å². The first-order chi connectivity index (χ1) is 8.86. The molecule has 0 saturated heterocycles. The van der Waals surface area contributed by atoms with E-state index in [2.05, 4.69) is 34.6 Å². The molecule has 3 nitrogen and oxygen atoms in total. The van der Waals surface area contributed by atoms with Crippen molar-refractivity contribution < 1.29 is 4.79 Å². The van der Waals surface area contributed by atoms with Gasteiger partial charge < -0.3 is 10.6 Å². The van der Waals surface area contributed by atoms with Crippen LogP contribution in [0.4, 0.5) is 0 Å². The number of amides is 1. The largest absolute Gasteiger partial charge is 0.343 e. The molecule has 19 heavy (non-hydrogen) atoms. The molecular formula is C16H34N2O. The molecule has 2 N–H and O–H groups in total. The molecule has 0 aromatic heterocycles. The molecule has 0 radical (unpaired) electrons. The summed E-state index contributed by atoms with van der Waals surface area (Å²) in [6.07, 6.45) is 4.72. The van der Waals surface area contributed by atoms with E-state index in [1.165, 1.54) is 0 Å². The van der Waals surface area contributed by atoms with Gasteiger partial charge in [0.1, 0.15) is 0 Å². The van der Waals surface area contributed by atoms with Crippen LogP contribution in [-0.4, -0.2) is 30.4 Å². The van der Waals surface area contributed by atoms with Crippen LogP contribution >= 0.6 is 0 Å². The zero-order valence-electron chi connectivity index (χ0n) is 13.7. The van der Waals surface area contributed by atoms with E-state index in [0.717, 1.165) is 38.8 Å². The Kier molecular flexibility index (Phi) is 9.07. The quantitative estimate of drug-likeness (QED) is 0.697. The summed E-state index contributed by atoms with van der Waals surface area (Å²) < 4.78 is 0. The maximum atomic E-state index is 12.3. The zero-order chi connectivity index (χ0) is 14.9. The topological polar surface area (TPSA) is 46.3 Å². The summed E-state index contributed by atoms with van der Waals surface area (Å²) in [7, 11) is 0. The molecule has 0 aliphatic rings. The molecule has 1 atom stereocenters. The van der Waals surface area contributed by atoms with Gasteiger partial charge in [0.05, 0.1) is 0 Å². The van der Waals surface area contributed by atoms with Crippen LogP contribution in [-0.2, 0) is 4.79 Å². The molecule has 0 saturated carbocycles. The van der Waals surface area contributed by atoms with Gasteiger partial charge in [0.2, 0.25) is 5.91 Å². The fourth-order valence-electron chi connectivity index (χ4n) is 2.57. The third kappa shape index (κ3) is 7.56. The number of hydrogen-bond donors (Lipinski definition) is 1. The molecule has 0 fully saturated rings. The number of nitrogens with zero attached hydrogens (tertiary/aromatic N) is 1. The van der Waals surface area contributed by atoms with Gasteiger partial charge in [-0.05, 0) is 43.6 Å². The Morgan fingerprint density at radius 2 is 1.63 bits per heavy atom. The molecule has 114 valence electrons. The lowest BCUT2D eigenvalue weighted by Crippen LogP contribution is -2.33. The Morgan fingerprint density at radius 1 is 1.11 bits per heavy atom. The normalized spacial score (nSPS) is 13.4. The Labute approximate surface area is 119 Å². The molecule has 0 bridgehead atoms. The molecule has 0 aromatic rings. The third-order valence-electron chi connectivity index (χ3n) is 3.79. The van der Waals surface area contributed by atoms with Crippen molar-refractivity contribution in [2.75, 3.05) is 19.6 Å². The summed E-state index contributed by atoms with van der Waals surface area (Å²) in [5.74, 6) is 0.849. The Balaban J connectivity index is 4.36. The standard InChI is InChI=1S/C16H34N2O/c1-6-12-18(13-7-2)15(19)9-8-14(10-11-17)16(3,4)5/h14H,6-13,17H2,1-5H3. The number of nitrogens with two attached hydrogens (primary N) is 1. The number of hydrogen-bond acceptors (Lipinski definition) is 2. The summed E-state index contributed by atoms with van der Waals surface area (Å²) in [5.41, 5.74) is 5.93. The average Bonchev–Trinajstić information content (AvgIpc) is 2.32. The molecule has 0 rings (SSSR count). The smallest absolute Gasteiger partial charge is 0.222 e. The summed E-state index contributed by atoms with van der Waals surface area (Å²) >= 11 is 0. The van der Waals surface area contributed by atoms with Crippen LogP contribution in [0.25, 0.3) is 0 Å². The van der Waals surface area contributed by atoms with E-state index in [1.807, 2.05) is 4.90 Å². The number of carbonyl (C=O) groups is 1. The number of carbonyl (C=O) groups excluding carboxylic acids is 1. The lowest BCUT2D eigenvalue weighted by Gasteiger charge is -2.31. The molecule has 0 spiro atoms. The number of rotatable bonds is 9. The van der Waals surface area contributed by atoms with Crippen molar-refractivity contribution in [3.05, 3.63) is 0 Å². The molecular weight excluding hydrogens is 236 g/mol. The molecule has 0 aliphatic heterocycles. The SMILES string of the molecule is CCCN(CCC)C(=O)CCC(CCN)C(C)(C)C. The van der Waals surface area contributed by atoms with Gasteiger partial charge in [0.15, 0.2) is 0 Å². The minimum Gasteiger partial charge on any atom is -0.343 e. The predicted molar refractivity (Wildman–Crippen MR) is 83.0 cm³/mol. The van der Waals surface area contributed by atoms with Crippen molar-refractivity contribution in [2.24, 2.45) is 17.1 Å². The second kappa shape index (κ2) is 9.35. The van der Waals surface area contributed by atoms with Crippen LogP contribution < -0.4 is 5.73 Å². The van der Waals surface area contributed by atoms with Crippen molar-refractivity contribution in [1.82, 2.24) is 4.90 Å². The first-order valence-electron chi connectivity index (χ1n) is 7.84. The zero-order valence-corrected chi connectivity index (χ0v) is 13.7. The predicted octanol–water partition coefficient (Wildman–Crippen LogP) is 3.43. The minimum atomic E-state index is 0.236. The summed E-state index contributed by atoms with van der Waals surface area (Å²) in [6.45, 7) is 13.5. The highest BCUT2D eigenvalue weighted by molar-refractivity contribution is 5.76. The van der Waals surface area contributed by atoms with E-state index in [0.29, 0.717) is 24.8 Å². The van der Waals surface area contributed by atoms with E-state index in [1.54, 1.807) is 0 Å². The Bertz CT molecular complexity index is 240. The van der Waals surface area contributed by atoms with E-state index in [9.17, 15) is 4.79 Å².